The Kier molecular flexibility index (Phi) is 9.18. The predicted octanol–water partition coefficient (Wildman–Crippen LogP) is 4.51. The number of nitrogens with zero attached hydrogens (tertiary/aromatic N) is 6. The van der Waals surface area contributed by atoms with Crippen molar-refractivity contribution < 1.29 is 31.9 Å². The van der Waals surface area contributed by atoms with Crippen LogP contribution in [0.4, 0.5) is 34.8 Å². The number of aromatic nitrogens is 1. The van der Waals surface area contributed by atoms with Crippen LogP contribution >= 0.6 is 0 Å². The Morgan fingerprint density at radius 2 is 1.80 bits per heavy atom. The third kappa shape index (κ3) is 6.60. The molecular weight excluding hydrogens is 604 g/mol. The lowest BCUT2D eigenvalue weighted by molar-refractivity contribution is -0.137. The molecule has 3 aliphatic rings. The number of alkyl halides is 4. The van der Waals surface area contributed by atoms with Gasteiger partial charge in [0.25, 0.3) is 0 Å². The monoisotopic (exact) mass is 644 g/mol. The van der Waals surface area contributed by atoms with Gasteiger partial charge in [0, 0.05) is 58.4 Å². The number of carbonyl (C=O) groups excluding carboxylic acids is 3. The van der Waals surface area contributed by atoms with Crippen LogP contribution in [0.2, 0.25) is 0 Å². The first-order valence-electron chi connectivity index (χ1n) is 15.4. The fraction of sp³-hybridized carbons (Fsp3) is 0.515. The fourth-order valence-corrected chi connectivity index (χ4v) is 6.84. The number of likely N-dealkylation sites (tertiary alicyclic amines) is 2. The molecule has 1 unspecified atom stereocenters. The molecule has 3 aliphatic heterocycles. The first kappa shape index (κ1) is 33.4. The minimum absolute atomic E-state index is 0.00730. The fourth-order valence-electron chi connectivity index (χ4n) is 6.84. The summed E-state index contributed by atoms with van der Waals surface area (Å²) in [6.45, 7) is 9.26. The van der Waals surface area contributed by atoms with Crippen LogP contribution in [0.3, 0.4) is 0 Å². The van der Waals surface area contributed by atoms with E-state index < -0.39 is 35.3 Å². The van der Waals surface area contributed by atoms with Crippen molar-refractivity contribution in [3.63, 3.8) is 0 Å². The maximum atomic E-state index is 16.3. The van der Waals surface area contributed by atoms with Crippen LogP contribution in [0.15, 0.2) is 43.0 Å². The molecule has 0 spiro atoms. The zero-order valence-corrected chi connectivity index (χ0v) is 26.6. The zero-order valence-electron chi connectivity index (χ0n) is 26.6. The standard InChI is InChI=1S/C33H40F4N6O3/c1-6-28(44)42-18-24(19-42)41-14-12-32(34,13-15-41)20-39(4)30-21(2)8-7-9-25(30)40(5)31(46)26-10-11-29(45)43(26)27-17-23(33(35,36)37)16-22(3)38-27/h6-9,16-17,24,26H,1,10-15,18-20H2,2-5H3. The summed E-state index contributed by atoms with van der Waals surface area (Å²) in [7, 11) is 3.34. The van der Waals surface area contributed by atoms with Crippen LogP contribution < -0.4 is 14.7 Å². The summed E-state index contributed by atoms with van der Waals surface area (Å²) in [4.78, 5) is 51.1. The van der Waals surface area contributed by atoms with Crippen molar-refractivity contribution in [2.45, 2.75) is 63.5 Å². The third-order valence-corrected chi connectivity index (χ3v) is 9.38. The normalized spacial score (nSPS) is 20.4. The SMILES string of the molecule is C=CC(=O)N1CC(N2CCC(F)(CN(C)c3c(C)cccc3N(C)C(=O)C3CCC(=O)N3c3cc(C(F)(F)F)cc(C)n3)CC2)C1. The number of hydrogen-bond acceptors (Lipinski definition) is 6. The van der Waals surface area contributed by atoms with E-state index in [0.29, 0.717) is 50.4 Å². The van der Waals surface area contributed by atoms with E-state index in [2.05, 4.69) is 16.5 Å². The third-order valence-electron chi connectivity index (χ3n) is 9.38. The second kappa shape index (κ2) is 12.7. The Morgan fingerprint density at radius 1 is 1.13 bits per heavy atom. The van der Waals surface area contributed by atoms with Crippen molar-refractivity contribution in [3.05, 3.63) is 59.8 Å². The van der Waals surface area contributed by atoms with Crippen LogP contribution in [-0.2, 0) is 20.6 Å². The van der Waals surface area contributed by atoms with Gasteiger partial charge in [-0.25, -0.2) is 9.37 Å². The summed E-state index contributed by atoms with van der Waals surface area (Å²) in [5.41, 5.74) is -0.371. The molecule has 9 nitrogen and oxygen atoms in total. The number of carbonyl (C=O) groups is 3. The first-order chi connectivity index (χ1) is 21.6. The molecule has 3 fully saturated rings. The Bertz CT molecular complexity index is 1520. The van der Waals surface area contributed by atoms with E-state index in [4.69, 9.17) is 0 Å². The second-order valence-corrected chi connectivity index (χ2v) is 12.7. The number of rotatable bonds is 8. The van der Waals surface area contributed by atoms with Crippen molar-refractivity contribution in [1.82, 2.24) is 14.8 Å². The highest BCUT2D eigenvalue weighted by Crippen LogP contribution is 2.38. The molecule has 0 saturated carbocycles. The Morgan fingerprint density at radius 3 is 2.43 bits per heavy atom. The largest absolute Gasteiger partial charge is 0.416 e. The van der Waals surface area contributed by atoms with E-state index >= 15 is 4.39 Å². The molecule has 3 saturated heterocycles. The molecule has 1 atom stereocenters. The van der Waals surface area contributed by atoms with E-state index in [0.717, 1.165) is 22.6 Å². The number of benzene rings is 1. The van der Waals surface area contributed by atoms with Gasteiger partial charge in [-0.3, -0.25) is 24.2 Å². The van der Waals surface area contributed by atoms with Gasteiger partial charge in [0.05, 0.1) is 23.5 Å². The predicted molar refractivity (Wildman–Crippen MR) is 168 cm³/mol. The van der Waals surface area contributed by atoms with Crippen LogP contribution in [-0.4, -0.2) is 97.1 Å². The smallest absolute Gasteiger partial charge is 0.369 e. The van der Waals surface area contributed by atoms with Gasteiger partial charge in [0.2, 0.25) is 17.7 Å². The lowest BCUT2D eigenvalue weighted by Crippen LogP contribution is -2.63. The van der Waals surface area contributed by atoms with Gasteiger partial charge in [-0.05, 0) is 62.9 Å². The first-order valence-corrected chi connectivity index (χ1v) is 15.4. The molecule has 0 radical (unpaired) electrons. The summed E-state index contributed by atoms with van der Waals surface area (Å²) in [6.07, 6.45) is -2.58. The van der Waals surface area contributed by atoms with Crippen molar-refractivity contribution in [2.24, 2.45) is 0 Å². The molecule has 0 aliphatic carbocycles. The van der Waals surface area contributed by atoms with E-state index in [1.54, 1.807) is 31.1 Å². The second-order valence-electron chi connectivity index (χ2n) is 12.7. The van der Waals surface area contributed by atoms with Gasteiger partial charge in [-0.15, -0.1) is 0 Å². The van der Waals surface area contributed by atoms with Gasteiger partial charge < -0.3 is 14.7 Å². The van der Waals surface area contributed by atoms with E-state index in [1.165, 1.54) is 17.9 Å². The highest BCUT2D eigenvalue weighted by atomic mass is 19.4. The topological polar surface area (TPSA) is 80.3 Å². The van der Waals surface area contributed by atoms with Gasteiger partial charge in [-0.2, -0.15) is 13.2 Å². The van der Waals surface area contributed by atoms with Crippen LogP contribution in [0, 0.1) is 13.8 Å². The summed E-state index contributed by atoms with van der Waals surface area (Å²) in [5, 5.41) is 0. The van der Waals surface area contributed by atoms with Gasteiger partial charge in [0.15, 0.2) is 0 Å². The summed E-state index contributed by atoms with van der Waals surface area (Å²) in [5.74, 6) is -1.26. The Labute approximate surface area is 266 Å². The minimum Gasteiger partial charge on any atom is -0.369 e. The van der Waals surface area contributed by atoms with E-state index in [1.807, 2.05) is 17.9 Å². The maximum Gasteiger partial charge on any atom is 0.416 e. The molecule has 0 bridgehead atoms. The Balaban J connectivity index is 1.31. The number of anilines is 3. The number of aryl methyl sites for hydroxylation is 2. The number of para-hydroxylation sites is 1. The molecule has 2 aromatic rings. The molecule has 5 rings (SSSR count). The molecule has 4 heterocycles. The molecular formula is C33H40F4N6O3. The quantitative estimate of drug-likeness (QED) is 0.311. The molecule has 1 aromatic heterocycles. The lowest BCUT2D eigenvalue weighted by atomic mass is 9.90. The average molecular weight is 645 g/mol. The zero-order chi connectivity index (χ0) is 33.6. The van der Waals surface area contributed by atoms with Crippen LogP contribution in [0.1, 0.15) is 42.5 Å². The number of halogens is 4. The number of pyridine rings is 1. The molecule has 1 aromatic carbocycles. The van der Waals surface area contributed by atoms with Crippen molar-refractivity contribution >= 4 is 34.9 Å². The van der Waals surface area contributed by atoms with Crippen LogP contribution in [0.5, 0.6) is 0 Å². The average Bonchev–Trinajstić information content (AvgIpc) is 3.36. The van der Waals surface area contributed by atoms with E-state index in [-0.39, 0.29) is 42.8 Å². The van der Waals surface area contributed by atoms with Gasteiger partial charge in [0.1, 0.15) is 17.5 Å². The molecule has 13 heteroatoms. The number of likely N-dealkylation sites (N-methyl/N-ethyl adjacent to an activating group) is 1. The number of piperidine rings is 1. The Hall–Kier alpha value is -4.00. The van der Waals surface area contributed by atoms with Crippen LogP contribution in [0.25, 0.3) is 0 Å². The highest BCUT2D eigenvalue weighted by molar-refractivity contribution is 6.09. The summed E-state index contributed by atoms with van der Waals surface area (Å²) >= 11 is 0. The van der Waals surface area contributed by atoms with Crippen molar-refractivity contribution in [2.75, 3.05) is 61.5 Å². The summed E-state index contributed by atoms with van der Waals surface area (Å²) in [6, 6.07) is 6.26. The number of amides is 3. The maximum absolute atomic E-state index is 16.3. The summed E-state index contributed by atoms with van der Waals surface area (Å²) < 4.78 is 57.0. The highest BCUT2D eigenvalue weighted by Gasteiger charge is 2.43. The van der Waals surface area contributed by atoms with Crippen molar-refractivity contribution in [3.8, 4) is 0 Å². The van der Waals surface area contributed by atoms with Gasteiger partial charge in [-0.1, -0.05) is 18.7 Å². The molecule has 3 amide bonds. The molecule has 0 N–H and O–H groups in total. The lowest BCUT2D eigenvalue weighted by Gasteiger charge is -2.48. The van der Waals surface area contributed by atoms with E-state index in [9.17, 15) is 27.6 Å². The van der Waals surface area contributed by atoms with Crippen molar-refractivity contribution in [1.29, 1.82) is 0 Å². The minimum atomic E-state index is -4.64. The van der Waals surface area contributed by atoms with Gasteiger partial charge >= 0.3 is 6.18 Å². The molecule has 46 heavy (non-hydrogen) atoms. The number of hydrogen-bond donors (Lipinski definition) is 0. The molecule has 248 valence electrons.